The number of benzene rings is 3. The molecule has 138 valence electrons. The van der Waals surface area contributed by atoms with Gasteiger partial charge in [-0.15, -0.1) is 0 Å². The summed E-state index contributed by atoms with van der Waals surface area (Å²) in [7, 11) is 0. The van der Waals surface area contributed by atoms with Gasteiger partial charge in [0.15, 0.2) is 0 Å². The molecule has 2 N–H and O–H groups in total. The highest BCUT2D eigenvalue weighted by atomic mass is 19.4. The average Bonchev–Trinajstić information content (AvgIpc) is 2.81. The molecule has 0 amide bonds. The van der Waals surface area contributed by atoms with Crippen molar-refractivity contribution in [2.24, 2.45) is 0 Å². The first kappa shape index (κ1) is 17.4. The summed E-state index contributed by atoms with van der Waals surface area (Å²) in [4.78, 5) is 11.4. The van der Waals surface area contributed by atoms with Crippen molar-refractivity contribution < 1.29 is 28.2 Å². The maximum Gasteiger partial charge on any atom is 0.416 e. The first-order valence-corrected chi connectivity index (χ1v) is 8.27. The summed E-state index contributed by atoms with van der Waals surface area (Å²) in [5.41, 5.74) is 1.70. The first-order chi connectivity index (χ1) is 12.5. The van der Waals surface area contributed by atoms with Gasteiger partial charge in [0.05, 0.1) is 11.1 Å². The van der Waals surface area contributed by atoms with E-state index < -0.39 is 23.1 Å². The van der Waals surface area contributed by atoms with Crippen LogP contribution in [0.3, 0.4) is 0 Å². The van der Waals surface area contributed by atoms with Crippen LogP contribution in [-0.4, -0.2) is 16.2 Å². The normalized spacial score (nSPS) is 14.9. The number of rotatable bonds is 1. The Bertz CT molecular complexity index is 1130. The van der Waals surface area contributed by atoms with Crippen LogP contribution in [-0.2, 0) is 11.6 Å². The van der Waals surface area contributed by atoms with Crippen LogP contribution in [0.15, 0.2) is 42.5 Å². The summed E-state index contributed by atoms with van der Waals surface area (Å²) in [5, 5.41) is 20.3. The van der Waals surface area contributed by atoms with Gasteiger partial charge >= 0.3 is 12.1 Å². The molecular weight excluding hydrogens is 357 g/mol. The molecule has 0 heterocycles. The number of aromatic carboxylic acids is 1. The molecule has 3 nitrogen and oxygen atoms in total. The zero-order chi connectivity index (χ0) is 19.7. The Kier molecular flexibility index (Phi) is 3.38. The number of halogens is 3. The van der Waals surface area contributed by atoms with Gasteiger partial charge in [-0.3, -0.25) is 0 Å². The predicted octanol–water partition coefficient (Wildman–Crippen LogP) is 5.57. The van der Waals surface area contributed by atoms with Crippen LogP contribution >= 0.6 is 0 Å². The maximum atomic E-state index is 13.1. The van der Waals surface area contributed by atoms with Gasteiger partial charge < -0.3 is 10.2 Å². The molecular formula is C21H15F3O3. The van der Waals surface area contributed by atoms with Gasteiger partial charge in [0.25, 0.3) is 0 Å². The minimum absolute atomic E-state index is 0.0907. The molecule has 3 aromatic rings. The molecule has 0 bridgehead atoms. The summed E-state index contributed by atoms with van der Waals surface area (Å²) < 4.78 is 39.2. The highest BCUT2D eigenvalue weighted by Gasteiger charge is 2.38. The fraction of sp³-hybridized carbons (Fsp3) is 0.190. The van der Waals surface area contributed by atoms with E-state index >= 15 is 0 Å². The van der Waals surface area contributed by atoms with Crippen LogP contribution in [0.5, 0.6) is 5.75 Å². The minimum Gasteiger partial charge on any atom is -0.507 e. The van der Waals surface area contributed by atoms with Gasteiger partial charge in [0.2, 0.25) is 0 Å². The zero-order valence-corrected chi connectivity index (χ0v) is 14.5. The second-order valence-corrected chi connectivity index (χ2v) is 7.27. The van der Waals surface area contributed by atoms with E-state index in [1.165, 1.54) is 18.2 Å². The summed E-state index contributed by atoms with van der Waals surface area (Å²) in [6.45, 7) is 3.88. The van der Waals surface area contributed by atoms with E-state index in [0.29, 0.717) is 16.5 Å². The summed E-state index contributed by atoms with van der Waals surface area (Å²) in [6, 6.07) is 9.52. The van der Waals surface area contributed by atoms with Crippen LogP contribution in [0.1, 0.15) is 40.9 Å². The molecule has 4 rings (SSSR count). The van der Waals surface area contributed by atoms with Gasteiger partial charge in [0.1, 0.15) is 5.75 Å². The molecule has 1 aliphatic rings. The van der Waals surface area contributed by atoms with Gasteiger partial charge in [-0.05, 0) is 58.0 Å². The molecule has 0 saturated heterocycles. The van der Waals surface area contributed by atoms with Gasteiger partial charge in [0, 0.05) is 10.8 Å². The lowest BCUT2D eigenvalue weighted by Crippen LogP contribution is -2.15. The average molecular weight is 372 g/mol. The molecule has 0 aromatic heterocycles. The predicted molar refractivity (Wildman–Crippen MR) is 95.1 cm³/mol. The van der Waals surface area contributed by atoms with E-state index in [1.54, 1.807) is 12.1 Å². The monoisotopic (exact) mass is 372 g/mol. The molecule has 1 aliphatic carbocycles. The standard InChI is InChI=1S/C21H15F3O3/c1-20(2)15-6-3-10(19(26)27)7-14(15)18-12-5-4-11(21(22,23)24)8-13(12)17(25)9-16(18)20/h3-9,25H,1-2H3,(H,26,27). The fourth-order valence-corrected chi connectivity index (χ4v) is 3.94. The van der Waals surface area contributed by atoms with Gasteiger partial charge in [-0.25, -0.2) is 4.79 Å². The van der Waals surface area contributed by atoms with E-state index in [2.05, 4.69) is 0 Å². The van der Waals surface area contributed by atoms with Gasteiger partial charge in [-0.2, -0.15) is 13.2 Å². The molecule has 0 saturated carbocycles. The number of phenols is 1. The van der Waals surface area contributed by atoms with E-state index in [4.69, 9.17) is 0 Å². The number of carboxylic acid groups (broad SMARTS) is 1. The van der Waals surface area contributed by atoms with Crippen molar-refractivity contribution in [2.45, 2.75) is 25.4 Å². The second kappa shape index (κ2) is 5.25. The third kappa shape index (κ3) is 2.40. The van der Waals surface area contributed by atoms with E-state index in [0.717, 1.165) is 23.3 Å². The molecule has 0 radical (unpaired) electrons. The number of fused-ring (bicyclic) bond motifs is 5. The van der Waals surface area contributed by atoms with Crippen LogP contribution in [0, 0.1) is 0 Å². The Morgan fingerprint density at radius 1 is 0.963 bits per heavy atom. The Morgan fingerprint density at radius 2 is 1.67 bits per heavy atom. The number of carbonyl (C=O) groups is 1. The number of hydrogen-bond donors (Lipinski definition) is 2. The lowest BCUT2D eigenvalue weighted by atomic mass is 9.81. The molecule has 0 unspecified atom stereocenters. The zero-order valence-electron chi connectivity index (χ0n) is 14.5. The molecule has 0 atom stereocenters. The number of aromatic hydroxyl groups is 1. The summed E-state index contributed by atoms with van der Waals surface area (Å²) in [5.74, 6) is -1.30. The smallest absolute Gasteiger partial charge is 0.416 e. The lowest BCUT2D eigenvalue weighted by molar-refractivity contribution is -0.137. The van der Waals surface area contributed by atoms with Crippen LogP contribution in [0.4, 0.5) is 13.2 Å². The van der Waals surface area contributed by atoms with E-state index in [-0.39, 0.29) is 16.7 Å². The third-order valence-electron chi connectivity index (χ3n) is 5.33. The lowest BCUT2D eigenvalue weighted by Gasteiger charge is -2.22. The van der Waals surface area contributed by atoms with Crippen LogP contribution in [0.2, 0.25) is 0 Å². The van der Waals surface area contributed by atoms with Crippen LogP contribution < -0.4 is 0 Å². The molecule has 0 fully saturated rings. The molecule has 0 spiro atoms. The van der Waals surface area contributed by atoms with Crippen LogP contribution in [0.25, 0.3) is 21.9 Å². The molecule has 27 heavy (non-hydrogen) atoms. The van der Waals surface area contributed by atoms with E-state index in [1.807, 2.05) is 13.8 Å². The second-order valence-electron chi connectivity index (χ2n) is 7.27. The number of carboxylic acids is 1. The largest absolute Gasteiger partial charge is 0.507 e. The van der Waals surface area contributed by atoms with Crippen molar-refractivity contribution in [1.82, 2.24) is 0 Å². The Morgan fingerprint density at radius 3 is 2.30 bits per heavy atom. The SMILES string of the molecule is CC1(C)c2ccc(C(=O)O)cc2-c2c1cc(O)c1cc(C(F)(F)F)ccc21. The van der Waals surface area contributed by atoms with Crippen molar-refractivity contribution in [3.8, 4) is 16.9 Å². The van der Waals surface area contributed by atoms with Crippen molar-refractivity contribution in [3.05, 3.63) is 64.7 Å². The Labute approximate surface area is 152 Å². The van der Waals surface area contributed by atoms with Gasteiger partial charge in [-0.1, -0.05) is 26.0 Å². The fourth-order valence-electron chi connectivity index (χ4n) is 3.94. The molecule has 0 aliphatic heterocycles. The quantitative estimate of drug-likeness (QED) is 0.587. The Balaban J connectivity index is 2.11. The van der Waals surface area contributed by atoms with Crippen molar-refractivity contribution in [2.75, 3.05) is 0 Å². The minimum atomic E-state index is -4.52. The van der Waals surface area contributed by atoms with Crippen molar-refractivity contribution >= 4 is 16.7 Å². The van der Waals surface area contributed by atoms with E-state index in [9.17, 15) is 28.2 Å². The highest BCUT2D eigenvalue weighted by Crippen LogP contribution is 2.53. The number of phenolic OH excluding ortho intramolecular Hbond substituents is 1. The topological polar surface area (TPSA) is 57.5 Å². The highest BCUT2D eigenvalue weighted by molar-refractivity contribution is 6.06. The maximum absolute atomic E-state index is 13.1. The third-order valence-corrected chi connectivity index (χ3v) is 5.33. The molecule has 6 heteroatoms. The van der Waals surface area contributed by atoms with Crippen molar-refractivity contribution in [3.63, 3.8) is 0 Å². The Hall–Kier alpha value is -3.02. The first-order valence-electron chi connectivity index (χ1n) is 8.27. The number of alkyl halides is 3. The number of hydrogen-bond acceptors (Lipinski definition) is 2. The molecule has 3 aromatic carbocycles. The summed E-state index contributed by atoms with van der Waals surface area (Å²) >= 11 is 0. The summed E-state index contributed by atoms with van der Waals surface area (Å²) in [6.07, 6.45) is -4.52. The van der Waals surface area contributed by atoms with Crippen molar-refractivity contribution in [1.29, 1.82) is 0 Å².